The quantitative estimate of drug-likeness (QED) is 0.666. The van der Waals surface area contributed by atoms with Crippen LogP contribution in [0.2, 0.25) is 5.02 Å². The molecule has 0 heterocycles. The maximum absolute atomic E-state index is 14.3. The van der Waals surface area contributed by atoms with Gasteiger partial charge in [-0.15, -0.1) is 0 Å². The lowest BCUT2D eigenvalue weighted by Gasteiger charge is -2.46. The Kier molecular flexibility index (Phi) is 3.44. The summed E-state index contributed by atoms with van der Waals surface area (Å²) in [5.41, 5.74) is 0.174. The first-order valence-corrected chi connectivity index (χ1v) is 6.73. The van der Waals surface area contributed by atoms with Crippen LogP contribution in [0.15, 0.2) is 24.3 Å². The number of hydrogen-bond acceptors (Lipinski definition) is 0. The van der Waals surface area contributed by atoms with Crippen LogP contribution in [-0.4, -0.2) is 0 Å². The Hall–Kier alpha value is -0.630. The van der Waals surface area contributed by atoms with E-state index in [2.05, 4.69) is 20.8 Å². The summed E-state index contributed by atoms with van der Waals surface area (Å²) < 4.78 is 28.6. The van der Waals surface area contributed by atoms with Crippen molar-refractivity contribution in [3.63, 3.8) is 0 Å². The Bertz CT molecular complexity index is 428. The van der Waals surface area contributed by atoms with Crippen molar-refractivity contribution < 1.29 is 8.78 Å². The lowest BCUT2D eigenvalue weighted by Crippen LogP contribution is -2.42. The SMILES string of the molecule is CC(C)(C)C1CC(C(F)(F)c2cccc(Cl)c2)C1. The molecule has 1 fully saturated rings. The summed E-state index contributed by atoms with van der Waals surface area (Å²) in [7, 11) is 0. The van der Waals surface area contributed by atoms with E-state index in [0.29, 0.717) is 23.8 Å². The van der Waals surface area contributed by atoms with Crippen LogP contribution in [0.25, 0.3) is 0 Å². The van der Waals surface area contributed by atoms with Crippen molar-refractivity contribution in [2.24, 2.45) is 17.3 Å². The fourth-order valence-electron chi connectivity index (χ4n) is 2.55. The summed E-state index contributed by atoms with van der Waals surface area (Å²) in [6.45, 7) is 6.35. The average Bonchev–Trinajstić information content (AvgIpc) is 2.12. The molecule has 0 unspecified atom stereocenters. The first kappa shape index (κ1) is 13.8. The average molecular weight is 273 g/mol. The molecule has 0 bridgehead atoms. The molecule has 0 nitrogen and oxygen atoms in total. The van der Waals surface area contributed by atoms with E-state index in [0.717, 1.165) is 0 Å². The molecule has 18 heavy (non-hydrogen) atoms. The molecule has 0 radical (unpaired) electrons. The number of alkyl halides is 2. The van der Waals surface area contributed by atoms with Crippen LogP contribution in [0.5, 0.6) is 0 Å². The highest BCUT2D eigenvalue weighted by molar-refractivity contribution is 6.30. The third-order valence-corrected chi connectivity index (χ3v) is 4.32. The highest BCUT2D eigenvalue weighted by Gasteiger charge is 2.50. The van der Waals surface area contributed by atoms with Crippen molar-refractivity contribution in [1.29, 1.82) is 0 Å². The molecule has 0 saturated heterocycles. The summed E-state index contributed by atoms with van der Waals surface area (Å²) in [5, 5.41) is 0.374. The second-order valence-electron chi connectivity index (χ2n) is 6.36. The molecule has 0 atom stereocenters. The van der Waals surface area contributed by atoms with Gasteiger partial charge in [-0.05, 0) is 36.3 Å². The molecule has 1 aromatic carbocycles. The van der Waals surface area contributed by atoms with Crippen LogP contribution in [0.4, 0.5) is 8.78 Å². The Morgan fingerprint density at radius 1 is 1.11 bits per heavy atom. The fraction of sp³-hybridized carbons (Fsp3) is 0.600. The van der Waals surface area contributed by atoms with E-state index in [1.165, 1.54) is 12.1 Å². The van der Waals surface area contributed by atoms with Gasteiger partial charge in [0.05, 0.1) is 0 Å². The molecule has 3 heteroatoms. The number of halogens is 3. The summed E-state index contributed by atoms with van der Waals surface area (Å²) in [5.74, 6) is -2.90. The van der Waals surface area contributed by atoms with Gasteiger partial charge in [0.2, 0.25) is 0 Å². The molecule has 1 saturated carbocycles. The predicted molar refractivity (Wildman–Crippen MR) is 71.0 cm³/mol. The van der Waals surface area contributed by atoms with Gasteiger partial charge in [0.25, 0.3) is 5.92 Å². The zero-order chi connectivity index (χ0) is 13.6. The second kappa shape index (κ2) is 4.48. The Morgan fingerprint density at radius 2 is 1.72 bits per heavy atom. The Labute approximate surface area is 112 Å². The van der Waals surface area contributed by atoms with Crippen LogP contribution in [0.3, 0.4) is 0 Å². The molecular weight excluding hydrogens is 254 g/mol. The van der Waals surface area contributed by atoms with Crippen LogP contribution < -0.4 is 0 Å². The highest BCUT2D eigenvalue weighted by atomic mass is 35.5. The highest BCUT2D eigenvalue weighted by Crippen LogP contribution is 2.54. The van der Waals surface area contributed by atoms with E-state index in [1.54, 1.807) is 12.1 Å². The molecule has 0 amide bonds. The minimum Gasteiger partial charge on any atom is -0.201 e. The lowest BCUT2D eigenvalue weighted by molar-refractivity contribution is -0.129. The zero-order valence-corrected chi connectivity index (χ0v) is 11.8. The van der Waals surface area contributed by atoms with Crippen molar-refractivity contribution in [1.82, 2.24) is 0 Å². The predicted octanol–water partition coefficient (Wildman–Crippen LogP) is 5.50. The molecule has 0 N–H and O–H groups in total. The number of rotatable bonds is 2. The van der Waals surface area contributed by atoms with Gasteiger partial charge in [0.15, 0.2) is 0 Å². The number of hydrogen-bond donors (Lipinski definition) is 0. The lowest BCUT2D eigenvalue weighted by atomic mass is 9.60. The first-order chi connectivity index (χ1) is 8.21. The maximum atomic E-state index is 14.3. The summed E-state index contributed by atoms with van der Waals surface area (Å²) in [6, 6.07) is 6.06. The largest absolute Gasteiger partial charge is 0.276 e. The Balaban J connectivity index is 2.10. The molecule has 0 aromatic heterocycles. The smallest absolute Gasteiger partial charge is 0.201 e. The number of benzene rings is 1. The van der Waals surface area contributed by atoms with Crippen molar-refractivity contribution >= 4 is 11.6 Å². The topological polar surface area (TPSA) is 0 Å². The van der Waals surface area contributed by atoms with Crippen LogP contribution in [0, 0.1) is 17.3 Å². The Morgan fingerprint density at radius 3 is 2.22 bits per heavy atom. The van der Waals surface area contributed by atoms with Crippen molar-refractivity contribution in [3.8, 4) is 0 Å². The minimum atomic E-state index is -2.76. The van der Waals surface area contributed by atoms with Crippen molar-refractivity contribution in [2.75, 3.05) is 0 Å². The molecule has 0 aliphatic heterocycles. The van der Waals surface area contributed by atoms with Crippen LogP contribution in [-0.2, 0) is 5.92 Å². The molecule has 1 aromatic rings. The second-order valence-corrected chi connectivity index (χ2v) is 6.80. The molecule has 1 aliphatic carbocycles. The van der Waals surface area contributed by atoms with Gasteiger partial charge in [-0.25, -0.2) is 8.78 Å². The molecule has 1 aliphatic rings. The fourth-order valence-corrected chi connectivity index (χ4v) is 2.74. The van der Waals surface area contributed by atoms with Crippen LogP contribution in [0.1, 0.15) is 39.2 Å². The third-order valence-electron chi connectivity index (χ3n) is 4.09. The molecular formula is C15H19ClF2. The molecule has 100 valence electrons. The first-order valence-electron chi connectivity index (χ1n) is 6.35. The van der Waals surface area contributed by atoms with E-state index in [-0.39, 0.29) is 11.0 Å². The summed E-state index contributed by atoms with van der Waals surface area (Å²) >= 11 is 5.78. The van der Waals surface area contributed by atoms with Gasteiger partial charge in [-0.1, -0.05) is 44.5 Å². The van der Waals surface area contributed by atoms with E-state index in [1.807, 2.05) is 0 Å². The van der Waals surface area contributed by atoms with E-state index < -0.39 is 11.8 Å². The van der Waals surface area contributed by atoms with Gasteiger partial charge in [0.1, 0.15) is 0 Å². The van der Waals surface area contributed by atoms with Crippen molar-refractivity contribution in [3.05, 3.63) is 34.9 Å². The van der Waals surface area contributed by atoms with E-state index >= 15 is 0 Å². The maximum Gasteiger partial charge on any atom is 0.276 e. The van der Waals surface area contributed by atoms with Crippen LogP contribution >= 0.6 is 11.6 Å². The van der Waals surface area contributed by atoms with Gasteiger partial charge in [0, 0.05) is 16.5 Å². The normalized spacial score (nSPS) is 24.8. The van der Waals surface area contributed by atoms with E-state index in [9.17, 15) is 8.78 Å². The van der Waals surface area contributed by atoms with E-state index in [4.69, 9.17) is 11.6 Å². The molecule has 2 rings (SSSR count). The monoisotopic (exact) mass is 272 g/mol. The zero-order valence-electron chi connectivity index (χ0n) is 11.0. The summed E-state index contributed by atoms with van der Waals surface area (Å²) in [4.78, 5) is 0. The van der Waals surface area contributed by atoms with Gasteiger partial charge < -0.3 is 0 Å². The van der Waals surface area contributed by atoms with Gasteiger partial charge in [-0.3, -0.25) is 0 Å². The third kappa shape index (κ3) is 2.54. The van der Waals surface area contributed by atoms with Gasteiger partial charge >= 0.3 is 0 Å². The summed E-state index contributed by atoms with van der Waals surface area (Å²) in [6.07, 6.45) is 1.20. The van der Waals surface area contributed by atoms with Crippen molar-refractivity contribution in [2.45, 2.75) is 39.5 Å². The van der Waals surface area contributed by atoms with Gasteiger partial charge in [-0.2, -0.15) is 0 Å². The minimum absolute atomic E-state index is 0.0485. The standard InChI is InChI=1S/C15H19ClF2/c1-14(2,3)11-7-12(8-11)15(17,18)10-5-4-6-13(16)9-10/h4-6,9,11-12H,7-8H2,1-3H3. The molecule has 0 spiro atoms.